The van der Waals surface area contributed by atoms with Gasteiger partial charge in [0.05, 0.1) is 26.5 Å². The van der Waals surface area contributed by atoms with E-state index in [1.807, 2.05) is 12.1 Å². The van der Waals surface area contributed by atoms with E-state index in [4.69, 9.17) is 0 Å². The van der Waals surface area contributed by atoms with E-state index in [1.54, 1.807) is 13.1 Å². The van der Waals surface area contributed by atoms with Crippen molar-refractivity contribution >= 4 is 43.4 Å². The van der Waals surface area contributed by atoms with Crippen molar-refractivity contribution in [3.8, 4) is 10.6 Å². The Morgan fingerprint density at radius 3 is 2.75 bits per heavy atom. The summed E-state index contributed by atoms with van der Waals surface area (Å²) in [5.41, 5.74) is 1.05. The maximum absolute atomic E-state index is 11.5. The third-order valence-electron chi connectivity index (χ3n) is 2.79. The van der Waals surface area contributed by atoms with Crippen molar-refractivity contribution in [1.82, 2.24) is 9.78 Å². The molecule has 0 aliphatic rings. The highest BCUT2D eigenvalue weighted by atomic mass is 79.9. The summed E-state index contributed by atoms with van der Waals surface area (Å²) in [5.74, 6) is 0.136. The van der Waals surface area contributed by atoms with Gasteiger partial charge in [0.1, 0.15) is 5.69 Å². The highest BCUT2D eigenvalue weighted by Gasteiger charge is 2.14. The predicted molar refractivity (Wildman–Crippen MR) is 83.0 cm³/mol. The van der Waals surface area contributed by atoms with Crippen LogP contribution >= 0.6 is 27.3 Å². The van der Waals surface area contributed by atoms with Crippen LogP contribution in [-0.2, 0) is 16.4 Å². The molecule has 8 heteroatoms. The van der Waals surface area contributed by atoms with Gasteiger partial charge in [-0.15, -0.1) is 11.3 Å². The predicted octanol–water partition coefficient (Wildman–Crippen LogP) is 2.62. The lowest BCUT2D eigenvalue weighted by Gasteiger charge is -2.01. The maximum Gasteiger partial charge on any atom is 0.153 e. The first kappa shape index (κ1) is 15.4. The number of aryl methyl sites for hydroxylation is 1. The van der Waals surface area contributed by atoms with Crippen LogP contribution in [0.2, 0.25) is 0 Å². The van der Waals surface area contributed by atoms with Crippen LogP contribution < -0.4 is 0 Å². The van der Waals surface area contributed by atoms with Gasteiger partial charge < -0.3 is 0 Å². The van der Waals surface area contributed by atoms with Crippen LogP contribution in [0.4, 0.5) is 0 Å². The van der Waals surface area contributed by atoms with Gasteiger partial charge in [0.25, 0.3) is 0 Å². The molecule has 0 unspecified atom stereocenters. The first-order valence-corrected chi connectivity index (χ1v) is 9.37. The fourth-order valence-corrected chi connectivity index (χ4v) is 3.79. The lowest BCUT2D eigenvalue weighted by molar-refractivity contribution is 0.112. The molecule has 108 valence electrons. The number of carbonyl (C=O) groups is 1. The average molecular weight is 377 g/mol. The van der Waals surface area contributed by atoms with E-state index in [9.17, 15) is 13.2 Å². The molecule has 2 rings (SSSR count). The van der Waals surface area contributed by atoms with Gasteiger partial charge >= 0.3 is 0 Å². The molecular weight excluding hydrogens is 364 g/mol. The molecule has 2 heterocycles. The number of nitrogens with zero attached hydrogens (tertiary/aromatic N) is 2. The number of thiophene rings is 1. The van der Waals surface area contributed by atoms with Crippen LogP contribution in [0, 0.1) is 0 Å². The third kappa shape index (κ3) is 3.56. The Kier molecular flexibility index (Phi) is 4.77. The molecular formula is C12H13BrN2O3S2. The van der Waals surface area contributed by atoms with Gasteiger partial charge in [-0.2, -0.15) is 5.10 Å². The normalized spacial score (nSPS) is 11.7. The molecule has 0 spiro atoms. The molecule has 20 heavy (non-hydrogen) atoms. The molecule has 0 aliphatic heterocycles. The molecule has 0 saturated heterocycles. The van der Waals surface area contributed by atoms with Gasteiger partial charge in [-0.25, -0.2) is 8.42 Å². The van der Waals surface area contributed by atoms with Crippen LogP contribution in [0.3, 0.4) is 0 Å². The fourth-order valence-electron chi connectivity index (χ4n) is 1.65. The van der Waals surface area contributed by atoms with Gasteiger partial charge in [0.2, 0.25) is 0 Å². The number of hydrogen-bond donors (Lipinski definition) is 0. The Labute approximate surface area is 129 Å². The van der Waals surface area contributed by atoms with Crippen molar-refractivity contribution in [3.05, 3.63) is 27.7 Å². The largest absolute Gasteiger partial charge is 0.298 e. The molecule has 0 N–H and O–H groups in total. The fraction of sp³-hybridized carbons (Fsp3) is 0.333. The van der Waals surface area contributed by atoms with Crippen molar-refractivity contribution in [2.24, 2.45) is 0 Å². The van der Waals surface area contributed by atoms with Crippen molar-refractivity contribution in [2.75, 3.05) is 11.5 Å². The van der Waals surface area contributed by atoms with Crippen LogP contribution in [0.1, 0.15) is 17.3 Å². The summed E-state index contributed by atoms with van der Waals surface area (Å²) in [6, 6.07) is 3.76. The first-order valence-electron chi connectivity index (χ1n) is 5.94. The smallest absolute Gasteiger partial charge is 0.153 e. The number of aldehydes is 1. The van der Waals surface area contributed by atoms with Gasteiger partial charge in [-0.05, 0) is 28.1 Å². The van der Waals surface area contributed by atoms with E-state index in [0.29, 0.717) is 11.3 Å². The topological polar surface area (TPSA) is 69.0 Å². The molecule has 0 atom stereocenters. The molecule has 2 aromatic heterocycles. The van der Waals surface area contributed by atoms with Crippen LogP contribution in [0.15, 0.2) is 22.1 Å². The Morgan fingerprint density at radius 2 is 2.20 bits per heavy atom. The number of hydrogen-bond acceptors (Lipinski definition) is 5. The zero-order valence-corrected chi connectivity index (χ0v) is 14.0. The van der Waals surface area contributed by atoms with Crippen LogP contribution in [0.25, 0.3) is 10.6 Å². The average Bonchev–Trinajstić information content (AvgIpc) is 3.02. The minimum absolute atomic E-state index is 0.0249. The number of aromatic nitrogens is 2. The van der Waals surface area contributed by atoms with Crippen molar-refractivity contribution in [3.63, 3.8) is 0 Å². The van der Waals surface area contributed by atoms with E-state index in [0.717, 1.165) is 14.9 Å². The SMILES string of the molecule is CCS(=O)(=O)CCn1cc(C=O)c(-c2ccc(Br)s2)n1. The number of halogens is 1. The van der Waals surface area contributed by atoms with Crippen LogP contribution in [-0.4, -0.2) is 36.0 Å². The molecule has 0 radical (unpaired) electrons. The summed E-state index contributed by atoms with van der Waals surface area (Å²) in [7, 11) is -3.04. The number of carbonyl (C=O) groups excluding carboxylic acids is 1. The summed E-state index contributed by atoms with van der Waals surface area (Å²) >= 11 is 4.84. The van der Waals surface area contributed by atoms with E-state index < -0.39 is 9.84 Å². The minimum Gasteiger partial charge on any atom is -0.298 e. The van der Waals surface area contributed by atoms with E-state index in [-0.39, 0.29) is 18.1 Å². The molecule has 0 saturated carbocycles. The number of sulfone groups is 1. The highest BCUT2D eigenvalue weighted by Crippen LogP contribution is 2.31. The standard InChI is InChI=1S/C12H13BrN2O3S2/c1-2-20(17,18)6-5-15-7-9(8-16)12(14-15)10-3-4-11(13)19-10/h3-4,7-8H,2,5-6H2,1H3. The highest BCUT2D eigenvalue weighted by molar-refractivity contribution is 9.11. The van der Waals surface area contributed by atoms with Crippen molar-refractivity contribution in [2.45, 2.75) is 13.5 Å². The lowest BCUT2D eigenvalue weighted by atomic mass is 10.2. The van der Waals surface area contributed by atoms with Gasteiger partial charge in [-0.1, -0.05) is 6.92 Å². The zero-order valence-electron chi connectivity index (χ0n) is 10.7. The Hall–Kier alpha value is -0.990. The van der Waals surface area contributed by atoms with Gasteiger partial charge in [0, 0.05) is 11.9 Å². The third-order valence-corrected chi connectivity index (χ3v) is 6.11. The molecule has 0 bridgehead atoms. The maximum atomic E-state index is 11.5. The summed E-state index contributed by atoms with van der Waals surface area (Å²) in [6.07, 6.45) is 2.32. The molecule has 0 fully saturated rings. The summed E-state index contributed by atoms with van der Waals surface area (Å²) in [6.45, 7) is 1.87. The summed E-state index contributed by atoms with van der Waals surface area (Å²) in [5, 5.41) is 4.31. The van der Waals surface area contributed by atoms with Gasteiger partial charge in [0.15, 0.2) is 16.1 Å². The monoisotopic (exact) mass is 376 g/mol. The van der Waals surface area contributed by atoms with E-state index in [2.05, 4.69) is 21.0 Å². The molecule has 0 aliphatic carbocycles. The quantitative estimate of drug-likeness (QED) is 0.726. The number of rotatable bonds is 6. The van der Waals surface area contributed by atoms with Gasteiger partial charge in [-0.3, -0.25) is 9.48 Å². The molecule has 0 amide bonds. The first-order chi connectivity index (χ1) is 9.45. The Bertz CT molecular complexity index is 719. The summed E-state index contributed by atoms with van der Waals surface area (Å²) < 4.78 is 25.4. The van der Waals surface area contributed by atoms with E-state index in [1.165, 1.54) is 16.0 Å². The Morgan fingerprint density at radius 1 is 1.45 bits per heavy atom. The molecule has 2 aromatic rings. The zero-order chi connectivity index (χ0) is 14.8. The molecule has 5 nitrogen and oxygen atoms in total. The second-order valence-electron chi connectivity index (χ2n) is 4.15. The second-order valence-corrected chi connectivity index (χ2v) is 9.09. The van der Waals surface area contributed by atoms with Crippen molar-refractivity contribution < 1.29 is 13.2 Å². The van der Waals surface area contributed by atoms with Crippen molar-refractivity contribution in [1.29, 1.82) is 0 Å². The minimum atomic E-state index is -3.04. The van der Waals surface area contributed by atoms with E-state index >= 15 is 0 Å². The summed E-state index contributed by atoms with van der Waals surface area (Å²) in [4.78, 5) is 12.0. The lowest BCUT2D eigenvalue weighted by Crippen LogP contribution is -2.14. The molecule has 0 aromatic carbocycles. The van der Waals surface area contributed by atoms with Crippen LogP contribution in [0.5, 0.6) is 0 Å². The Balaban J connectivity index is 2.25. The second kappa shape index (κ2) is 6.19.